The van der Waals surface area contributed by atoms with Crippen molar-refractivity contribution in [2.45, 2.75) is 11.1 Å². The van der Waals surface area contributed by atoms with Gasteiger partial charge in [0.1, 0.15) is 4.90 Å². The summed E-state index contributed by atoms with van der Waals surface area (Å²) in [5, 5.41) is 10.4. The lowest BCUT2D eigenvalue weighted by Gasteiger charge is -2.10. The zero-order valence-electron chi connectivity index (χ0n) is 11.9. The van der Waals surface area contributed by atoms with Gasteiger partial charge in [0.05, 0.1) is 16.3 Å². The molecule has 2 aromatic heterocycles. The number of alkyl halides is 3. The van der Waals surface area contributed by atoms with Crippen molar-refractivity contribution >= 4 is 21.4 Å². The van der Waals surface area contributed by atoms with E-state index in [1.54, 1.807) is 17.5 Å². The molecule has 0 atom stereocenters. The standard InChI is InChI=1S/C14H10F3N3O2S2/c15-14(16,17)13-8-10(11-5-3-7-23-11)20(19-13)9-4-1-2-6-12(9)24(18,21)22/h1-8H,(H2,18,21,22). The quantitative estimate of drug-likeness (QED) is 0.765. The maximum Gasteiger partial charge on any atom is 0.435 e. The number of para-hydroxylation sites is 1. The fourth-order valence-electron chi connectivity index (χ4n) is 2.18. The van der Waals surface area contributed by atoms with Crippen LogP contribution in [0.3, 0.4) is 0 Å². The van der Waals surface area contributed by atoms with Crippen LogP contribution in [-0.4, -0.2) is 18.2 Å². The average molecular weight is 373 g/mol. The van der Waals surface area contributed by atoms with E-state index in [2.05, 4.69) is 5.10 Å². The summed E-state index contributed by atoms with van der Waals surface area (Å²) in [7, 11) is -4.13. The molecule has 0 aliphatic heterocycles. The molecule has 0 fully saturated rings. The Morgan fingerprint density at radius 1 is 1.12 bits per heavy atom. The maximum absolute atomic E-state index is 13.1. The average Bonchev–Trinajstić information content (AvgIpc) is 3.14. The number of primary sulfonamides is 1. The lowest BCUT2D eigenvalue weighted by atomic mass is 10.2. The fourth-order valence-corrected chi connectivity index (χ4v) is 3.62. The Bertz CT molecular complexity index is 977. The van der Waals surface area contributed by atoms with Crippen molar-refractivity contribution in [1.29, 1.82) is 0 Å². The second-order valence-corrected chi connectivity index (χ2v) is 7.29. The summed E-state index contributed by atoms with van der Waals surface area (Å²) in [5.41, 5.74) is -1.03. The Morgan fingerprint density at radius 3 is 2.42 bits per heavy atom. The van der Waals surface area contributed by atoms with Gasteiger partial charge in [0.25, 0.3) is 0 Å². The Balaban J connectivity index is 2.31. The van der Waals surface area contributed by atoms with Crippen LogP contribution in [0, 0.1) is 0 Å². The van der Waals surface area contributed by atoms with E-state index in [0.29, 0.717) is 4.88 Å². The van der Waals surface area contributed by atoms with E-state index in [1.807, 2.05) is 0 Å². The topological polar surface area (TPSA) is 78.0 Å². The number of halogens is 3. The molecule has 0 radical (unpaired) electrons. The van der Waals surface area contributed by atoms with Crippen LogP contribution in [0.2, 0.25) is 0 Å². The number of aromatic nitrogens is 2. The van der Waals surface area contributed by atoms with E-state index in [9.17, 15) is 21.6 Å². The smallest absolute Gasteiger partial charge is 0.230 e. The number of hydrogen-bond acceptors (Lipinski definition) is 4. The Kier molecular flexibility index (Phi) is 3.98. The predicted octanol–water partition coefficient (Wildman–Crippen LogP) is 3.27. The van der Waals surface area contributed by atoms with Crippen LogP contribution < -0.4 is 5.14 Å². The monoisotopic (exact) mass is 373 g/mol. The normalized spacial score (nSPS) is 12.5. The van der Waals surface area contributed by atoms with Gasteiger partial charge in [0, 0.05) is 0 Å². The van der Waals surface area contributed by atoms with Gasteiger partial charge in [0.15, 0.2) is 5.69 Å². The summed E-state index contributed by atoms with van der Waals surface area (Å²) >= 11 is 1.21. The highest BCUT2D eigenvalue weighted by Crippen LogP contribution is 2.35. The lowest BCUT2D eigenvalue weighted by molar-refractivity contribution is -0.141. The molecule has 0 unspecified atom stereocenters. The highest BCUT2D eigenvalue weighted by Gasteiger charge is 2.36. The van der Waals surface area contributed by atoms with Crippen molar-refractivity contribution in [2.24, 2.45) is 5.14 Å². The van der Waals surface area contributed by atoms with E-state index in [0.717, 1.165) is 10.7 Å². The highest BCUT2D eigenvalue weighted by molar-refractivity contribution is 7.89. The van der Waals surface area contributed by atoms with Gasteiger partial charge in [-0.25, -0.2) is 18.2 Å². The number of hydrogen-bond donors (Lipinski definition) is 1. The van der Waals surface area contributed by atoms with Crippen molar-refractivity contribution in [3.05, 3.63) is 53.5 Å². The zero-order chi connectivity index (χ0) is 17.5. The van der Waals surface area contributed by atoms with Crippen molar-refractivity contribution in [2.75, 3.05) is 0 Å². The van der Waals surface area contributed by atoms with E-state index >= 15 is 0 Å². The lowest BCUT2D eigenvalue weighted by Crippen LogP contribution is -2.16. The molecule has 10 heteroatoms. The molecule has 3 rings (SSSR count). The number of rotatable bonds is 3. The molecule has 24 heavy (non-hydrogen) atoms. The SMILES string of the molecule is NS(=O)(=O)c1ccccc1-n1nc(C(F)(F)F)cc1-c1cccs1. The summed E-state index contributed by atoms with van der Waals surface area (Å²) in [6.45, 7) is 0. The van der Waals surface area contributed by atoms with Gasteiger partial charge in [-0.3, -0.25) is 0 Å². The third kappa shape index (κ3) is 3.07. The third-order valence-corrected chi connectivity index (χ3v) is 5.02. The highest BCUT2D eigenvalue weighted by atomic mass is 32.2. The Labute approximate surface area is 139 Å². The third-order valence-electron chi connectivity index (χ3n) is 3.17. The maximum atomic E-state index is 13.1. The minimum Gasteiger partial charge on any atom is -0.230 e. The summed E-state index contributed by atoms with van der Waals surface area (Å²) in [6.07, 6.45) is -4.66. The van der Waals surface area contributed by atoms with Gasteiger partial charge in [-0.15, -0.1) is 11.3 Å². The first kappa shape index (κ1) is 16.7. The molecule has 0 amide bonds. The molecule has 126 valence electrons. The van der Waals surface area contributed by atoms with Gasteiger partial charge in [-0.2, -0.15) is 18.3 Å². The second kappa shape index (κ2) is 5.72. The number of nitrogens with zero attached hydrogens (tertiary/aromatic N) is 2. The van der Waals surface area contributed by atoms with Gasteiger partial charge in [-0.05, 0) is 29.6 Å². The minimum atomic E-state index is -4.66. The van der Waals surface area contributed by atoms with Gasteiger partial charge < -0.3 is 0 Å². The van der Waals surface area contributed by atoms with Crippen molar-refractivity contribution in [3.8, 4) is 16.3 Å². The molecular weight excluding hydrogens is 363 g/mol. The number of thiophene rings is 1. The number of sulfonamides is 1. The molecule has 3 aromatic rings. The zero-order valence-corrected chi connectivity index (χ0v) is 13.5. The van der Waals surface area contributed by atoms with Crippen molar-refractivity contribution < 1.29 is 21.6 Å². The molecule has 2 N–H and O–H groups in total. The summed E-state index contributed by atoms with van der Waals surface area (Å²) in [5.74, 6) is 0. The molecule has 5 nitrogen and oxygen atoms in total. The van der Waals surface area contributed by atoms with Crippen LogP contribution in [0.25, 0.3) is 16.3 Å². The first-order valence-corrected chi connectivity index (χ1v) is 8.94. The number of benzene rings is 1. The molecule has 0 saturated carbocycles. The van der Waals surface area contributed by atoms with Crippen LogP contribution in [0.15, 0.2) is 52.7 Å². The molecular formula is C14H10F3N3O2S2. The van der Waals surface area contributed by atoms with E-state index in [4.69, 9.17) is 5.14 Å². The first-order valence-electron chi connectivity index (χ1n) is 6.51. The van der Waals surface area contributed by atoms with Crippen LogP contribution >= 0.6 is 11.3 Å². The Hall–Kier alpha value is -2.17. The van der Waals surface area contributed by atoms with Crippen molar-refractivity contribution in [3.63, 3.8) is 0 Å². The largest absolute Gasteiger partial charge is 0.435 e. The van der Waals surface area contributed by atoms with Crippen LogP contribution in [-0.2, 0) is 16.2 Å². The predicted molar refractivity (Wildman–Crippen MR) is 83.3 cm³/mol. The second-order valence-electron chi connectivity index (χ2n) is 4.81. The fraction of sp³-hybridized carbons (Fsp3) is 0.0714. The van der Waals surface area contributed by atoms with Gasteiger partial charge >= 0.3 is 6.18 Å². The van der Waals surface area contributed by atoms with E-state index in [1.165, 1.54) is 35.6 Å². The minimum absolute atomic E-state index is 0.0427. The van der Waals surface area contributed by atoms with Crippen molar-refractivity contribution in [1.82, 2.24) is 9.78 Å². The first-order chi connectivity index (χ1) is 11.2. The summed E-state index contributed by atoms with van der Waals surface area (Å²) in [4.78, 5) is 0.210. The van der Waals surface area contributed by atoms with E-state index in [-0.39, 0.29) is 16.3 Å². The van der Waals surface area contributed by atoms with Gasteiger partial charge in [-0.1, -0.05) is 18.2 Å². The molecule has 0 saturated heterocycles. The van der Waals surface area contributed by atoms with Gasteiger partial charge in [0.2, 0.25) is 10.0 Å². The van der Waals surface area contributed by atoms with Crippen LogP contribution in [0.4, 0.5) is 13.2 Å². The molecule has 0 bridgehead atoms. The number of nitrogens with two attached hydrogens (primary N) is 1. The Morgan fingerprint density at radius 2 is 1.83 bits per heavy atom. The van der Waals surface area contributed by atoms with Crippen LogP contribution in [0.5, 0.6) is 0 Å². The van der Waals surface area contributed by atoms with Crippen LogP contribution in [0.1, 0.15) is 5.69 Å². The molecule has 0 aliphatic carbocycles. The molecule has 2 heterocycles. The molecule has 1 aromatic carbocycles. The summed E-state index contributed by atoms with van der Waals surface area (Å²) in [6, 6.07) is 9.68. The molecule has 0 aliphatic rings. The summed E-state index contributed by atoms with van der Waals surface area (Å²) < 4.78 is 63.6. The molecule has 0 spiro atoms. The van der Waals surface area contributed by atoms with E-state index < -0.39 is 21.9 Å².